The van der Waals surface area contributed by atoms with Gasteiger partial charge in [0.25, 0.3) is 5.91 Å². The Morgan fingerprint density at radius 1 is 0.970 bits per heavy atom. The molecule has 1 aromatic heterocycles. The molecule has 1 aliphatic rings. The summed E-state index contributed by atoms with van der Waals surface area (Å²) in [6.07, 6.45) is 4.98. The molecule has 0 spiro atoms. The van der Waals surface area contributed by atoms with Gasteiger partial charge in [0.15, 0.2) is 0 Å². The van der Waals surface area contributed by atoms with Crippen LogP contribution in [0.1, 0.15) is 34.3 Å². The highest BCUT2D eigenvalue weighted by molar-refractivity contribution is 6.30. The Morgan fingerprint density at radius 2 is 1.73 bits per heavy atom. The van der Waals surface area contributed by atoms with Crippen molar-refractivity contribution < 1.29 is 9.59 Å². The minimum atomic E-state index is -0.229. The Bertz CT molecular complexity index is 1080. The van der Waals surface area contributed by atoms with Crippen LogP contribution in [0.2, 0.25) is 5.02 Å². The molecular weight excluding hydrogens is 436 g/mol. The van der Waals surface area contributed by atoms with E-state index in [2.05, 4.69) is 20.5 Å². The third kappa shape index (κ3) is 6.40. The van der Waals surface area contributed by atoms with Crippen LogP contribution in [-0.4, -0.2) is 34.8 Å². The maximum absolute atomic E-state index is 12.9. The summed E-state index contributed by atoms with van der Waals surface area (Å²) < 4.78 is 0. The first-order valence-corrected chi connectivity index (χ1v) is 11.5. The molecule has 1 saturated heterocycles. The fourth-order valence-electron chi connectivity index (χ4n) is 4.01. The van der Waals surface area contributed by atoms with E-state index in [-0.39, 0.29) is 17.7 Å². The fraction of sp³-hybridized carbons (Fsp3) is 0.269. The zero-order chi connectivity index (χ0) is 23.0. The molecule has 0 aliphatic carbocycles. The van der Waals surface area contributed by atoms with Crippen molar-refractivity contribution in [1.82, 2.24) is 15.2 Å². The molecule has 0 bridgehead atoms. The van der Waals surface area contributed by atoms with Gasteiger partial charge in [0, 0.05) is 36.4 Å². The number of nitrogens with one attached hydrogen (secondary N) is 2. The van der Waals surface area contributed by atoms with Crippen LogP contribution in [0.3, 0.4) is 0 Å². The summed E-state index contributed by atoms with van der Waals surface area (Å²) in [5.41, 5.74) is 3.12. The van der Waals surface area contributed by atoms with Crippen LogP contribution < -0.4 is 10.6 Å². The minimum absolute atomic E-state index is 0.0337. The predicted molar refractivity (Wildman–Crippen MR) is 130 cm³/mol. The monoisotopic (exact) mass is 462 g/mol. The number of halogens is 1. The predicted octanol–water partition coefficient (Wildman–Crippen LogP) is 4.52. The van der Waals surface area contributed by atoms with E-state index in [0.29, 0.717) is 17.8 Å². The number of aromatic nitrogens is 1. The van der Waals surface area contributed by atoms with Gasteiger partial charge in [-0.2, -0.15) is 0 Å². The lowest BCUT2D eigenvalue weighted by molar-refractivity contribution is -0.121. The van der Waals surface area contributed by atoms with Crippen molar-refractivity contribution >= 4 is 29.1 Å². The number of anilines is 1. The highest BCUT2D eigenvalue weighted by Gasteiger charge is 2.26. The smallest absolute Gasteiger partial charge is 0.253 e. The third-order valence-corrected chi connectivity index (χ3v) is 6.14. The summed E-state index contributed by atoms with van der Waals surface area (Å²) in [6, 6.07) is 18.7. The number of amides is 2. The Kier molecular flexibility index (Phi) is 7.70. The summed E-state index contributed by atoms with van der Waals surface area (Å²) in [5.74, 6) is -0.334. The molecule has 0 atom stereocenters. The van der Waals surface area contributed by atoms with Gasteiger partial charge < -0.3 is 10.6 Å². The average molecular weight is 463 g/mol. The second-order valence-electron chi connectivity index (χ2n) is 8.26. The van der Waals surface area contributed by atoms with Crippen molar-refractivity contribution in [3.63, 3.8) is 0 Å². The summed E-state index contributed by atoms with van der Waals surface area (Å²) >= 11 is 5.97. The molecule has 1 fully saturated rings. The van der Waals surface area contributed by atoms with E-state index in [9.17, 15) is 9.59 Å². The standard InChI is InChI=1S/C26H27ClN4O2/c27-22-9-7-19(8-10-22)18-31-14-11-21(12-15-31)25(32)30-24-6-2-1-5-23(24)26(33)29-17-20-4-3-13-28-16-20/h1-10,13,16,21H,11-12,14-15,17-18H2,(H,29,33)(H,30,32). The van der Waals surface area contributed by atoms with E-state index in [1.54, 1.807) is 30.6 Å². The van der Waals surface area contributed by atoms with Gasteiger partial charge in [0.1, 0.15) is 0 Å². The van der Waals surface area contributed by atoms with Gasteiger partial charge in [0.05, 0.1) is 11.3 Å². The summed E-state index contributed by atoms with van der Waals surface area (Å²) in [6.45, 7) is 2.94. The normalized spacial score (nSPS) is 14.6. The summed E-state index contributed by atoms with van der Waals surface area (Å²) in [4.78, 5) is 32.1. The Balaban J connectivity index is 1.30. The second kappa shape index (κ2) is 11.1. The van der Waals surface area contributed by atoms with Crippen molar-refractivity contribution in [3.8, 4) is 0 Å². The molecule has 6 nitrogen and oxygen atoms in total. The van der Waals surface area contributed by atoms with E-state index >= 15 is 0 Å². The van der Waals surface area contributed by atoms with Crippen LogP contribution in [0.5, 0.6) is 0 Å². The first-order valence-electron chi connectivity index (χ1n) is 11.1. The van der Waals surface area contributed by atoms with Gasteiger partial charge >= 0.3 is 0 Å². The lowest BCUT2D eigenvalue weighted by Gasteiger charge is -2.31. The molecule has 4 rings (SSSR count). The number of hydrogen-bond acceptors (Lipinski definition) is 4. The van der Waals surface area contributed by atoms with Crippen molar-refractivity contribution in [2.24, 2.45) is 5.92 Å². The average Bonchev–Trinajstić information content (AvgIpc) is 2.85. The highest BCUT2D eigenvalue weighted by atomic mass is 35.5. The largest absolute Gasteiger partial charge is 0.348 e. The van der Waals surface area contributed by atoms with Gasteiger partial charge in [0.2, 0.25) is 5.91 Å². The van der Waals surface area contributed by atoms with Gasteiger partial charge in [-0.3, -0.25) is 19.5 Å². The number of pyridine rings is 1. The highest BCUT2D eigenvalue weighted by Crippen LogP contribution is 2.23. The molecule has 2 heterocycles. The molecule has 33 heavy (non-hydrogen) atoms. The molecule has 3 aromatic rings. The molecule has 1 aliphatic heterocycles. The van der Waals surface area contributed by atoms with Crippen molar-refractivity contribution in [3.05, 3.63) is 94.8 Å². The molecule has 0 saturated carbocycles. The molecular formula is C26H27ClN4O2. The molecule has 0 unspecified atom stereocenters. The molecule has 170 valence electrons. The third-order valence-electron chi connectivity index (χ3n) is 5.88. The van der Waals surface area contributed by atoms with E-state index in [1.165, 1.54) is 5.56 Å². The molecule has 7 heteroatoms. The van der Waals surface area contributed by atoms with Crippen molar-refractivity contribution in [2.45, 2.75) is 25.9 Å². The van der Waals surface area contributed by atoms with Gasteiger partial charge in [-0.1, -0.05) is 41.9 Å². The zero-order valence-corrected chi connectivity index (χ0v) is 19.1. The number of likely N-dealkylation sites (tertiary alicyclic amines) is 1. The Labute approximate surface area is 199 Å². The maximum atomic E-state index is 12.9. The minimum Gasteiger partial charge on any atom is -0.348 e. The molecule has 0 radical (unpaired) electrons. The number of hydrogen-bond donors (Lipinski definition) is 2. The lowest BCUT2D eigenvalue weighted by Crippen LogP contribution is -2.38. The Morgan fingerprint density at radius 3 is 2.45 bits per heavy atom. The van der Waals surface area contributed by atoms with Gasteiger partial charge in [-0.15, -0.1) is 0 Å². The molecule has 2 N–H and O–H groups in total. The van der Waals surface area contributed by atoms with E-state index in [1.807, 2.05) is 42.5 Å². The quantitative estimate of drug-likeness (QED) is 0.541. The number of carbonyl (C=O) groups excluding carboxylic acids is 2. The second-order valence-corrected chi connectivity index (χ2v) is 8.69. The summed E-state index contributed by atoms with van der Waals surface area (Å²) in [5, 5.41) is 6.62. The number of carbonyl (C=O) groups is 2. The van der Waals surface area contributed by atoms with E-state index in [0.717, 1.165) is 43.1 Å². The molecule has 2 aromatic carbocycles. The SMILES string of the molecule is O=C(NCc1cccnc1)c1ccccc1NC(=O)C1CCN(Cc2ccc(Cl)cc2)CC1. The van der Waals surface area contributed by atoms with Crippen LogP contribution in [0.15, 0.2) is 73.1 Å². The van der Waals surface area contributed by atoms with E-state index in [4.69, 9.17) is 11.6 Å². The van der Waals surface area contributed by atoms with Crippen molar-refractivity contribution in [1.29, 1.82) is 0 Å². The fourth-order valence-corrected chi connectivity index (χ4v) is 4.13. The first kappa shape index (κ1) is 23.0. The maximum Gasteiger partial charge on any atom is 0.253 e. The number of piperidine rings is 1. The van der Waals surface area contributed by atoms with Crippen LogP contribution in [-0.2, 0) is 17.9 Å². The van der Waals surface area contributed by atoms with Crippen LogP contribution in [0.4, 0.5) is 5.69 Å². The number of para-hydroxylation sites is 1. The van der Waals surface area contributed by atoms with Crippen LogP contribution >= 0.6 is 11.6 Å². The van der Waals surface area contributed by atoms with Crippen LogP contribution in [0.25, 0.3) is 0 Å². The van der Waals surface area contributed by atoms with E-state index < -0.39 is 0 Å². The number of nitrogens with zero attached hydrogens (tertiary/aromatic N) is 2. The van der Waals surface area contributed by atoms with Gasteiger partial charge in [-0.25, -0.2) is 0 Å². The molecule has 2 amide bonds. The number of rotatable bonds is 7. The Hall–Kier alpha value is -3.22. The zero-order valence-electron chi connectivity index (χ0n) is 18.3. The van der Waals surface area contributed by atoms with Crippen LogP contribution in [0, 0.1) is 5.92 Å². The summed E-state index contributed by atoms with van der Waals surface area (Å²) in [7, 11) is 0. The first-order chi connectivity index (χ1) is 16.1. The topological polar surface area (TPSA) is 74.3 Å². The van der Waals surface area contributed by atoms with Gasteiger partial charge in [-0.05, 0) is 67.4 Å². The lowest BCUT2D eigenvalue weighted by atomic mass is 9.95. The number of benzene rings is 2. The van der Waals surface area contributed by atoms with Crippen molar-refractivity contribution in [2.75, 3.05) is 18.4 Å².